The van der Waals surface area contributed by atoms with Gasteiger partial charge in [0.15, 0.2) is 0 Å². The molecule has 0 saturated carbocycles. The van der Waals surface area contributed by atoms with Crippen LogP contribution in [0.2, 0.25) is 0 Å². The van der Waals surface area contributed by atoms with E-state index in [1.54, 1.807) is 0 Å². The number of rotatable bonds is 6. The third-order valence-corrected chi connectivity index (χ3v) is 4.09. The summed E-state index contributed by atoms with van der Waals surface area (Å²) in [6.45, 7) is 13.3. The first-order valence-corrected chi connectivity index (χ1v) is 8.36. The molecule has 118 valence electrons. The van der Waals surface area contributed by atoms with E-state index in [1.165, 1.54) is 38.9 Å². The molecule has 1 fully saturated rings. The lowest BCUT2D eigenvalue weighted by Gasteiger charge is -2.29. The van der Waals surface area contributed by atoms with Crippen LogP contribution >= 0.6 is 0 Å². The first kappa shape index (κ1) is 16.2. The fourth-order valence-electron chi connectivity index (χ4n) is 2.88. The Labute approximate surface area is 129 Å². The van der Waals surface area contributed by atoms with Crippen molar-refractivity contribution in [3.8, 4) is 0 Å². The Morgan fingerprint density at radius 2 is 1.86 bits per heavy atom. The van der Waals surface area contributed by atoms with Gasteiger partial charge in [0.2, 0.25) is 5.95 Å². The minimum absolute atomic E-state index is 0.443. The monoisotopic (exact) mass is 290 g/mol. The molecule has 0 radical (unpaired) electrons. The van der Waals surface area contributed by atoms with Crippen molar-refractivity contribution in [2.45, 2.75) is 52.9 Å². The molecule has 1 aromatic heterocycles. The molecule has 1 aromatic rings. The van der Waals surface area contributed by atoms with Crippen LogP contribution in [0, 0.1) is 12.8 Å². The Hall–Kier alpha value is -1.16. The fourth-order valence-corrected chi connectivity index (χ4v) is 2.88. The molecule has 0 bridgehead atoms. The van der Waals surface area contributed by atoms with Gasteiger partial charge in [0.25, 0.3) is 0 Å². The lowest BCUT2D eigenvalue weighted by atomic mass is 10.1. The number of aryl methyl sites for hydroxylation is 1. The average molecular weight is 290 g/mol. The van der Waals surface area contributed by atoms with Gasteiger partial charge in [0, 0.05) is 24.5 Å². The van der Waals surface area contributed by atoms with Crippen LogP contribution in [0.3, 0.4) is 0 Å². The zero-order valence-corrected chi connectivity index (χ0v) is 14.0. The minimum Gasteiger partial charge on any atom is -0.354 e. The van der Waals surface area contributed by atoms with Gasteiger partial charge in [-0.3, -0.25) is 0 Å². The number of hydrogen-bond acceptors (Lipinski definition) is 4. The Bertz CT molecular complexity index is 438. The van der Waals surface area contributed by atoms with Crippen molar-refractivity contribution in [2.75, 3.05) is 31.5 Å². The highest BCUT2D eigenvalue weighted by molar-refractivity contribution is 5.29. The number of likely N-dealkylation sites (tertiary alicyclic amines) is 1. The van der Waals surface area contributed by atoms with Crippen LogP contribution in [0.15, 0.2) is 6.07 Å². The molecular weight excluding hydrogens is 260 g/mol. The maximum Gasteiger partial charge on any atom is 0.223 e. The Kier molecular flexibility index (Phi) is 5.97. The zero-order chi connectivity index (χ0) is 15.2. The van der Waals surface area contributed by atoms with E-state index in [2.05, 4.69) is 47.0 Å². The number of anilines is 1. The maximum absolute atomic E-state index is 4.62. The van der Waals surface area contributed by atoms with Gasteiger partial charge in [-0.15, -0.1) is 0 Å². The topological polar surface area (TPSA) is 41.1 Å². The summed E-state index contributed by atoms with van der Waals surface area (Å²) in [5, 5.41) is 3.42. The summed E-state index contributed by atoms with van der Waals surface area (Å²) < 4.78 is 0. The van der Waals surface area contributed by atoms with Gasteiger partial charge in [-0.1, -0.05) is 27.2 Å². The highest BCUT2D eigenvalue weighted by atomic mass is 15.1. The van der Waals surface area contributed by atoms with E-state index >= 15 is 0 Å². The minimum atomic E-state index is 0.443. The van der Waals surface area contributed by atoms with E-state index in [-0.39, 0.29) is 0 Å². The Balaban J connectivity index is 1.84. The molecule has 2 rings (SSSR count). The highest BCUT2D eigenvalue weighted by Crippen LogP contribution is 2.15. The number of nitrogens with one attached hydrogen (secondary N) is 1. The predicted octanol–water partition coefficient (Wildman–Crippen LogP) is 3.44. The van der Waals surface area contributed by atoms with Gasteiger partial charge in [-0.2, -0.15) is 0 Å². The predicted molar refractivity (Wildman–Crippen MR) is 88.8 cm³/mol. The average Bonchev–Trinajstić information content (AvgIpc) is 2.45. The van der Waals surface area contributed by atoms with Crippen LogP contribution in [-0.2, 0) is 0 Å². The molecule has 0 spiro atoms. The van der Waals surface area contributed by atoms with Crippen molar-refractivity contribution >= 4 is 5.95 Å². The van der Waals surface area contributed by atoms with E-state index in [0.29, 0.717) is 11.8 Å². The molecule has 21 heavy (non-hydrogen) atoms. The number of aromatic nitrogens is 2. The molecule has 4 heteroatoms. The third kappa shape index (κ3) is 5.27. The normalized spacial score (nSPS) is 18.0. The molecule has 0 aromatic carbocycles. The number of piperidine rings is 1. The van der Waals surface area contributed by atoms with Crippen LogP contribution in [0.1, 0.15) is 57.3 Å². The SMILES string of the molecule is Cc1cc(C(C)C)nc(NCC(C)CN2CCCCC2)n1. The summed E-state index contributed by atoms with van der Waals surface area (Å²) in [6.07, 6.45) is 4.12. The molecule has 1 aliphatic heterocycles. The van der Waals surface area contributed by atoms with Crippen LogP contribution in [-0.4, -0.2) is 41.0 Å². The van der Waals surface area contributed by atoms with E-state index in [4.69, 9.17) is 0 Å². The van der Waals surface area contributed by atoms with Gasteiger partial charge in [-0.25, -0.2) is 9.97 Å². The van der Waals surface area contributed by atoms with Crippen molar-refractivity contribution in [1.82, 2.24) is 14.9 Å². The molecular formula is C17H30N4. The summed E-state index contributed by atoms with van der Waals surface area (Å²) in [5.74, 6) is 1.84. The van der Waals surface area contributed by atoms with Crippen molar-refractivity contribution in [3.63, 3.8) is 0 Å². The van der Waals surface area contributed by atoms with Crippen LogP contribution in [0.4, 0.5) is 5.95 Å². The van der Waals surface area contributed by atoms with Gasteiger partial charge in [-0.05, 0) is 50.8 Å². The second kappa shape index (κ2) is 7.74. The first-order valence-electron chi connectivity index (χ1n) is 8.36. The maximum atomic E-state index is 4.62. The smallest absolute Gasteiger partial charge is 0.223 e. The second-order valence-electron chi connectivity index (χ2n) is 6.76. The second-order valence-corrected chi connectivity index (χ2v) is 6.76. The van der Waals surface area contributed by atoms with Crippen molar-refractivity contribution in [3.05, 3.63) is 17.5 Å². The molecule has 1 aliphatic rings. The quantitative estimate of drug-likeness (QED) is 0.871. The Morgan fingerprint density at radius 3 is 2.52 bits per heavy atom. The van der Waals surface area contributed by atoms with Gasteiger partial charge >= 0.3 is 0 Å². The molecule has 0 aliphatic carbocycles. The third-order valence-electron chi connectivity index (χ3n) is 4.09. The Morgan fingerprint density at radius 1 is 1.14 bits per heavy atom. The summed E-state index contributed by atoms with van der Waals surface area (Å²) in [7, 11) is 0. The summed E-state index contributed by atoms with van der Waals surface area (Å²) in [6, 6.07) is 2.08. The molecule has 1 atom stereocenters. The lowest BCUT2D eigenvalue weighted by molar-refractivity contribution is 0.204. The molecule has 1 N–H and O–H groups in total. The molecule has 1 saturated heterocycles. The van der Waals surface area contributed by atoms with Crippen LogP contribution in [0.5, 0.6) is 0 Å². The molecule has 0 amide bonds. The standard InChI is InChI=1S/C17H30N4/c1-13(2)16-10-15(4)19-17(20-16)18-11-14(3)12-21-8-6-5-7-9-21/h10,13-14H,5-9,11-12H2,1-4H3,(H,18,19,20). The highest BCUT2D eigenvalue weighted by Gasteiger charge is 2.14. The largest absolute Gasteiger partial charge is 0.354 e. The summed E-state index contributed by atoms with van der Waals surface area (Å²) in [5.41, 5.74) is 2.16. The van der Waals surface area contributed by atoms with Gasteiger partial charge < -0.3 is 10.2 Å². The van der Waals surface area contributed by atoms with Crippen molar-refractivity contribution in [1.29, 1.82) is 0 Å². The number of hydrogen-bond donors (Lipinski definition) is 1. The fraction of sp³-hybridized carbons (Fsp3) is 0.765. The molecule has 1 unspecified atom stereocenters. The number of nitrogens with zero attached hydrogens (tertiary/aromatic N) is 3. The summed E-state index contributed by atoms with van der Waals surface area (Å²) in [4.78, 5) is 11.7. The van der Waals surface area contributed by atoms with Gasteiger partial charge in [0.05, 0.1) is 0 Å². The van der Waals surface area contributed by atoms with Crippen LogP contribution in [0.25, 0.3) is 0 Å². The first-order chi connectivity index (χ1) is 10.0. The van der Waals surface area contributed by atoms with Crippen LogP contribution < -0.4 is 5.32 Å². The van der Waals surface area contributed by atoms with E-state index in [9.17, 15) is 0 Å². The van der Waals surface area contributed by atoms with Gasteiger partial charge in [0.1, 0.15) is 0 Å². The summed E-state index contributed by atoms with van der Waals surface area (Å²) >= 11 is 0. The molecule has 4 nitrogen and oxygen atoms in total. The van der Waals surface area contributed by atoms with Crippen molar-refractivity contribution in [2.24, 2.45) is 5.92 Å². The van der Waals surface area contributed by atoms with E-state index in [1.807, 2.05) is 6.92 Å². The molecule has 2 heterocycles. The lowest BCUT2D eigenvalue weighted by Crippen LogP contribution is -2.35. The zero-order valence-electron chi connectivity index (χ0n) is 14.0. The van der Waals surface area contributed by atoms with Crippen molar-refractivity contribution < 1.29 is 0 Å². The van der Waals surface area contributed by atoms with E-state index in [0.717, 1.165) is 23.9 Å². The van der Waals surface area contributed by atoms with E-state index < -0.39 is 0 Å².